The molecule has 7 heteroatoms. The van der Waals surface area contributed by atoms with Crippen molar-refractivity contribution in [3.8, 4) is 0 Å². The predicted molar refractivity (Wildman–Crippen MR) is 50.5 cm³/mol. The topological polar surface area (TPSA) is 38.8 Å². The van der Waals surface area contributed by atoms with Gasteiger partial charge >= 0.3 is 6.18 Å². The average Bonchev–Trinajstić information content (AvgIpc) is 2.12. The lowest BCUT2D eigenvalue weighted by atomic mass is 10.1. The molecule has 0 rings (SSSR count). The van der Waals surface area contributed by atoms with Crippen LogP contribution >= 0.6 is 0 Å². The van der Waals surface area contributed by atoms with Crippen LogP contribution in [0.5, 0.6) is 0 Å². The Morgan fingerprint density at radius 2 is 1.75 bits per heavy atom. The van der Waals surface area contributed by atoms with Gasteiger partial charge < -0.3 is 4.74 Å². The highest BCUT2D eigenvalue weighted by molar-refractivity contribution is 5.79. The first-order chi connectivity index (χ1) is 7.03. The van der Waals surface area contributed by atoms with Gasteiger partial charge in [0.15, 0.2) is 5.60 Å². The second-order valence-corrected chi connectivity index (χ2v) is 3.79. The number of halogens is 3. The number of hydrogen-bond acceptors (Lipinski definition) is 3. The lowest BCUT2D eigenvalue weighted by Gasteiger charge is -2.31. The van der Waals surface area contributed by atoms with E-state index in [9.17, 15) is 18.0 Å². The normalized spacial score (nSPS) is 14.8. The van der Waals surface area contributed by atoms with E-state index in [1.807, 2.05) is 0 Å². The summed E-state index contributed by atoms with van der Waals surface area (Å²) in [6.07, 6.45) is -5.77. The second-order valence-electron chi connectivity index (χ2n) is 3.79. The maximum atomic E-state index is 12.5. The zero-order valence-electron chi connectivity index (χ0n) is 9.88. The summed E-state index contributed by atoms with van der Waals surface area (Å²) in [6, 6.07) is 0. The molecule has 0 unspecified atom stereocenters. The van der Waals surface area contributed by atoms with Gasteiger partial charge in [0.05, 0.1) is 7.11 Å². The monoisotopic (exact) mass is 243 g/mol. The van der Waals surface area contributed by atoms with Crippen molar-refractivity contribution in [3.05, 3.63) is 0 Å². The number of rotatable bonds is 4. The van der Waals surface area contributed by atoms with Crippen LogP contribution in [0.4, 0.5) is 13.2 Å². The molecular weight excluding hydrogens is 227 g/mol. The van der Waals surface area contributed by atoms with E-state index in [1.54, 1.807) is 0 Å². The fourth-order valence-corrected chi connectivity index (χ4v) is 0.905. The van der Waals surface area contributed by atoms with Crippen molar-refractivity contribution >= 4 is 5.91 Å². The third kappa shape index (κ3) is 3.64. The number of carbonyl (C=O) groups is 1. The first kappa shape index (κ1) is 15.2. The standard InChI is InChI=1S/C9H16F3NO3/c1-6(7(14)13(4)15-5)16-8(2,3)9(10,11)12/h6H,1-5H3/t6-/m1/s1. The fourth-order valence-electron chi connectivity index (χ4n) is 0.905. The molecule has 0 aromatic rings. The van der Waals surface area contributed by atoms with E-state index in [2.05, 4.69) is 4.84 Å². The first-order valence-corrected chi connectivity index (χ1v) is 4.59. The Bertz CT molecular complexity index is 253. The van der Waals surface area contributed by atoms with Crippen LogP contribution in [0.25, 0.3) is 0 Å². The molecule has 0 N–H and O–H groups in total. The minimum Gasteiger partial charge on any atom is -0.353 e. The lowest BCUT2D eigenvalue weighted by Crippen LogP contribution is -2.47. The number of carbonyl (C=O) groups excluding carboxylic acids is 1. The van der Waals surface area contributed by atoms with Gasteiger partial charge in [-0.25, -0.2) is 5.06 Å². The highest BCUT2D eigenvalue weighted by atomic mass is 19.4. The number of hydroxylamine groups is 2. The number of ether oxygens (including phenoxy) is 1. The number of hydrogen-bond donors (Lipinski definition) is 0. The molecule has 0 saturated heterocycles. The molecule has 4 nitrogen and oxygen atoms in total. The summed E-state index contributed by atoms with van der Waals surface area (Å²) < 4.78 is 42.1. The molecule has 0 radical (unpaired) electrons. The van der Waals surface area contributed by atoms with E-state index in [1.165, 1.54) is 21.1 Å². The molecule has 0 aliphatic carbocycles. The van der Waals surface area contributed by atoms with Crippen molar-refractivity contribution in [2.24, 2.45) is 0 Å². The van der Waals surface area contributed by atoms with Crippen LogP contribution < -0.4 is 0 Å². The molecule has 0 aromatic heterocycles. The van der Waals surface area contributed by atoms with Crippen molar-refractivity contribution in [3.63, 3.8) is 0 Å². The van der Waals surface area contributed by atoms with Gasteiger partial charge in [0, 0.05) is 7.05 Å². The van der Waals surface area contributed by atoms with Crippen molar-refractivity contribution in [1.82, 2.24) is 5.06 Å². The van der Waals surface area contributed by atoms with Crippen molar-refractivity contribution in [2.75, 3.05) is 14.2 Å². The molecule has 1 atom stereocenters. The molecule has 0 fully saturated rings. The van der Waals surface area contributed by atoms with Gasteiger partial charge in [-0.1, -0.05) is 0 Å². The van der Waals surface area contributed by atoms with Crippen LogP contribution in [-0.4, -0.2) is 43.0 Å². The van der Waals surface area contributed by atoms with Gasteiger partial charge in [-0.2, -0.15) is 13.2 Å². The maximum absolute atomic E-state index is 12.5. The third-order valence-electron chi connectivity index (χ3n) is 2.09. The minimum absolute atomic E-state index is 0.681. The number of alkyl halides is 3. The van der Waals surface area contributed by atoms with Crippen molar-refractivity contribution < 1.29 is 27.5 Å². The molecule has 0 spiro atoms. The highest BCUT2D eigenvalue weighted by Gasteiger charge is 2.50. The Labute approximate surface area is 92.3 Å². The molecule has 0 aromatic carbocycles. The van der Waals surface area contributed by atoms with Crippen LogP contribution in [-0.2, 0) is 14.4 Å². The van der Waals surface area contributed by atoms with Crippen LogP contribution in [0.2, 0.25) is 0 Å². The third-order valence-corrected chi connectivity index (χ3v) is 2.09. The SMILES string of the molecule is CON(C)C(=O)[C@@H](C)OC(C)(C)C(F)(F)F. The molecule has 0 saturated carbocycles. The Hall–Kier alpha value is -0.820. The van der Waals surface area contributed by atoms with E-state index in [0.717, 1.165) is 18.9 Å². The van der Waals surface area contributed by atoms with Gasteiger partial charge in [-0.3, -0.25) is 9.63 Å². The minimum atomic E-state index is -4.53. The van der Waals surface area contributed by atoms with E-state index < -0.39 is 23.8 Å². The quantitative estimate of drug-likeness (QED) is 0.706. The highest BCUT2D eigenvalue weighted by Crippen LogP contribution is 2.33. The maximum Gasteiger partial charge on any atom is 0.416 e. The summed E-state index contributed by atoms with van der Waals surface area (Å²) >= 11 is 0. The number of likely N-dealkylation sites (N-methyl/N-ethyl adjacent to an activating group) is 1. The molecular formula is C9H16F3NO3. The van der Waals surface area contributed by atoms with Gasteiger partial charge in [-0.15, -0.1) is 0 Å². The molecule has 1 amide bonds. The summed E-state index contributed by atoms with van der Waals surface area (Å²) in [6.45, 7) is 2.97. The van der Waals surface area contributed by atoms with Gasteiger partial charge in [-0.05, 0) is 20.8 Å². The fraction of sp³-hybridized carbons (Fsp3) is 0.889. The Morgan fingerprint density at radius 1 is 1.31 bits per heavy atom. The van der Waals surface area contributed by atoms with Gasteiger partial charge in [0.2, 0.25) is 0 Å². The Morgan fingerprint density at radius 3 is 2.06 bits per heavy atom. The Balaban J connectivity index is 4.57. The Kier molecular flexibility index (Phi) is 4.75. The van der Waals surface area contributed by atoms with Crippen LogP contribution in [0, 0.1) is 0 Å². The molecule has 0 heterocycles. The van der Waals surface area contributed by atoms with E-state index in [4.69, 9.17) is 4.74 Å². The average molecular weight is 243 g/mol. The first-order valence-electron chi connectivity index (χ1n) is 4.59. The smallest absolute Gasteiger partial charge is 0.353 e. The van der Waals surface area contributed by atoms with Gasteiger partial charge in [0.1, 0.15) is 6.10 Å². The lowest BCUT2D eigenvalue weighted by molar-refractivity contribution is -0.276. The van der Waals surface area contributed by atoms with Crippen LogP contribution in [0.15, 0.2) is 0 Å². The summed E-state index contributed by atoms with van der Waals surface area (Å²) in [4.78, 5) is 15.9. The van der Waals surface area contributed by atoms with Crippen LogP contribution in [0.1, 0.15) is 20.8 Å². The summed E-state index contributed by atoms with van der Waals surface area (Å²) in [5.41, 5.74) is -2.38. The summed E-state index contributed by atoms with van der Waals surface area (Å²) in [7, 11) is 2.53. The molecule has 0 aliphatic rings. The van der Waals surface area contributed by atoms with Crippen molar-refractivity contribution in [1.29, 1.82) is 0 Å². The van der Waals surface area contributed by atoms with Crippen LogP contribution in [0.3, 0.4) is 0 Å². The predicted octanol–water partition coefficient (Wildman–Crippen LogP) is 1.75. The molecule has 96 valence electrons. The van der Waals surface area contributed by atoms with E-state index in [-0.39, 0.29) is 0 Å². The zero-order chi connectivity index (χ0) is 13.1. The van der Waals surface area contributed by atoms with Crippen molar-refractivity contribution in [2.45, 2.75) is 38.7 Å². The van der Waals surface area contributed by atoms with E-state index in [0.29, 0.717) is 0 Å². The number of nitrogens with zero attached hydrogens (tertiary/aromatic N) is 1. The van der Waals surface area contributed by atoms with E-state index >= 15 is 0 Å². The molecule has 0 bridgehead atoms. The second kappa shape index (κ2) is 5.01. The van der Waals surface area contributed by atoms with Gasteiger partial charge in [0.25, 0.3) is 5.91 Å². The number of amides is 1. The zero-order valence-corrected chi connectivity index (χ0v) is 9.88. The molecule has 0 aliphatic heterocycles. The largest absolute Gasteiger partial charge is 0.416 e. The molecule has 16 heavy (non-hydrogen) atoms. The summed E-state index contributed by atoms with van der Waals surface area (Å²) in [5.74, 6) is -0.681. The summed E-state index contributed by atoms with van der Waals surface area (Å²) in [5, 5.41) is 0.817.